The van der Waals surface area contributed by atoms with E-state index >= 15 is 0 Å². The minimum Gasteiger partial charge on any atom is -0.380 e. The third-order valence-corrected chi connectivity index (χ3v) is 3.35. The van der Waals surface area contributed by atoms with Crippen molar-refractivity contribution in [3.63, 3.8) is 0 Å². The molecule has 0 spiro atoms. The Morgan fingerprint density at radius 2 is 2.14 bits per heavy atom. The van der Waals surface area contributed by atoms with Gasteiger partial charge in [0.25, 0.3) is 5.56 Å². The average molecular weight is 289 g/mol. The number of fused-ring (bicyclic) bond motifs is 1. The summed E-state index contributed by atoms with van der Waals surface area (Å²) in [5.74, 6) is 0. The van der Waals surface area contributed by atoms with Crippen LogP contribution in [0, 0.1) is 6.92 Å². The predicted molar refractivity (Wildman–Crippen MR) is 83.6 cm³/mol. The van der Waals surface area contributed by atoms with Crippen LogP contribution >= 0.6 is 0 Å². The fourth-order valence-corrected chi connectivity index (χ4v) is 2.19. The molecule has 2 aromatic heterocycles. The molecule has 21 heavy (non-hydrogen) atoms. The summed E-state index contributed by atoms with van der Waals surface area (Å²) >= 11 is 0. The van der Waals surface area contributed by atoms with Gasteiger partial charge >= 0.3 is 0 Å². The Kier molecular flexibility index (Phi) is 4.75. The van der Waals surface area contributed by atoms with Crippen molar-refractivity contribution in [2.45, 2.75) is 39.8 Å². The van der Waals surface area contributed by atoms with Crippen LogP contribution in [0.2, 0.25) is 0 Å². The molecule has 0 aliphatic heterocycles. The van der Waals surface area contributed by atoms with Crippen LogP contribution in [0.5, 0.6) is 0 Å². The molecule has 0 aliphatic rings. The fourth-order valence-electron chi connectivity index (χ4n) is 2.19. The number of nitrogens with one attached hydrogen (secondary N) is 1. The summed E-state index contributed by atoms with van der Waals surface area (Å²) in [4.78, 5) is 16.7. The lowest BCUT2D eigenvalue weighted by atomic mass is 10.1. The third kappa shape index (κ3) is 3.89. The van der Waals surface area contributed by atoms with E-state index in [2.05, 4.69) is 24.1 Å². The van der Waals surface area contributed by atoms with Gasteiger partial charge in [0.15, 0.2) is 0 Å². The lowest BCUT2D eigenvalue weighted by molar-refractivity contribution is 0.0910. The van der Waals surface area contributed by atoms with Gasteiger partial charge in [0.1, 0.15) is 5.65 Å². The van der Waals surface area contributed by atoms with Crippen molar-refractivity contribution in [3.05, 3.63) is 46.0 Å². The van der Waals surface area contributed by atoms with E-state index < -0.39 is 0 Å². The normalized spacial score (nSPS) is 12.0. The molecule has 0 unspecified atom stereocenters. The molecule has 0 fully saturated rings. The Morgan fingerprint density at radius 1 is 1.38 bits per heavy atom. The van der Waals surface area contributed by atoms with Crippen LogP contribution in [0.25, 0.3) is 5.65 Å². The first kappa shape index (κ1) is 15.7. The van der Waals surface area contributed by atoms with Crippen LogP contribution in [0.3, 0.4) is 0 Å². The highest BCUT2D eigenvalue weighted by atomic mass is 16.5. The van der Waals surface area contributed by atoms with E-state index in [0.717, 1.165) is 11.4 Å². The summed E-state index contributed by atoms with van der Waals surface area (Å²) in [7, 11) is 0. The highest BCUT2D eigenvalue weighted by Crippen LogP contribution is 2.06. The van der Waals surface area contributed by atoms with Crippen LogP contribution in [-0.2, 0) is 11.3 Å². The van der Waals surface area contributed by atoms with Crippen molar-refractivity contribution in [2.24, 2.45) is 0 Å². The second-order valence-electron chi connectivity index (χ2n) is 5.82. The number of ether oxygens (including phenoxy) is 1. The summed E-state index contributed by atoms with van der Waals surface area (Å²) < 4.78 is 7.07. The molecule has 0 saturated carbocycles. The summed E-state index contributed by atoms with van der Waals surface area (Å²) in [6, 6.07) is 7.25. The molecule has 2 aromatic rings. The molecule has 5 heteroatoms. The minimum atomic E-state index is -0.157. The van der Waals surface area contributed by atoms with E-state index in [-0.39, 0.29) is 11.1 Å². The molecule has 5 nitrogen and oxygen atoms in total. The van der Waals surface area contributed by atoms with Crippen molar-refractivity contribution >= 4 is 5.65 Å². The number of rotatable bonds is 6. The highest BCUT2D eigenvalue weighted by molar-refractivity contribution is 5.40. The first-order valence-corrected chi connectivity index (χ1v) is 7.24. The molecule has 0 amide bonds. The molecule has 0 saturated heterocycles. The Labute approximate surface area is 125 Å². The zero-order valence-corrected chi connectivity index (χ0v) is 13.1. The number of aryl methyl sites for hydroxylation is 1. The number of hydrogen-bond acceptors (Lipinski definition) is 4. The molecule has 0 aromatic carbocycles. The van der Waals surface area contributed by atoms with Crippen molar-refractivity contribution in [1.82, 2.24) is 14.7 Å². The number of aromatic nitrogens is 2. The molecule has 114 valence electrons. The van der Waals surface area contributed by atoms with Crippen LogP contribution in [0.4, 0.5) is 0 Å². The minimum absolute atomic E-state index is 0.0440. The van der Waals surface area contributed by atoms with E-state index in [0.29, 0.717) is 25.4 Å². The number of pyridine rings is 1. The lowest BCUT2D eigenvalue weighted by Crippen LogP contribution is -2.43. The van der Waals surface area contributed by atoms with Crippen molar-refractivity contribution < 1.29 is 4.74 Å². The van der Waals surface area contributed by atoms with Crippen LogP contribution in [-0.4, -0.2) is 28.1 Å². The molecule has 2 rings (SSSR count). The standard InChI is InChI=1S/C16H23N3O2/c1-5-21-11-16(3,4)17-10-13-9-15(20)19-12(2)7-6-8-14(19)18-13/h6-9,17H,5,10-11H2,1-4H3. The van der Waals surface area contributed by atoms with Gasteiger partial charge in [-0.3, -0.25) is 9.20 Å². The Morgan fingerprint density at radius 3 is 2.86 bits per heavy atom. The van der Waals surface area contributed by atoms with E-state index in [4.69, 9.17) is 4.74 Å². The van der Waals surface area contributed by atoms with Crippen LogP contribution < -0.4 is 10.9 Å². The Bertz CT molecular complexity index is 677. The molecule has 0 bridgehead atoms. The van der Waals surface area contributed by atoms with Crippen LogP contribution in [0.1, 0.15) is 32.2 Å². The van der Waals surface area contributed by atoms with Gasteiger partial charge in [-0.15, -0.1) is 0 Å². The molecular formula is C16H23N3O2. The maximum Gasteiger partial charge on any atom is 0.258 e. The molecule has 0 atom stereocenters. The van der Waals surface area contributed by atoms with E-state index in [1.807, 2.05) is 32.0 Å². The second-order valence-corrected chi connectivity index (χ2v) is 5.82. The summed E-state index contributed by atoms with van der Waals surface area (Å²) in [6.45, 7) is 9.87. The van der Waals surface area contributed by atoms with Gasteiger partial charge in [-0.2, -0.15) is 0 Å². The smallest absolute Gasteiger partial charge is 0.258 e. The molecule has 0 aliphatic carbocycles. The Hall–Kier alpha value is -1.72. The third-order valence-electron chi connectivity index (χ3n) is 3.35. The largest absolute Gasteiger partial charge is 0.380 e. The van der Waals surface area contributed by atoms with E-state index in [1.165, 1.54) is 0 Å². The maximum absolute atomic E-state index is 12.2. The summed E-state index contributed by atoms with van der Waals surface area (Å²) in [5, 5.41) is 3.38. The van der Waals surface area contributed by atoms with Gasteiger partial charge in [-0.1, -0.05) is 6.07 Å². The van der Waals surface area contributed by atoms with Crippen molar-refractivity contribution in [3.8, 4) is 0 Å². The van der Waals surface area contributed by atoms with Gasteiger partial charge in [-0.25, -0.2) is 4.98 Å². The fraction of sp³-hybridized carbons (Fsp3) is 0.500. The first-order chi connectivity index (χ1) is 9.93. The lowest BCUT2D eigenvalue weighted by Gasteiger charge is -2.25. The van der Waals surface area contributed by atoms with Gasteiger partial charge in [0.2, 0.25) is 0 Å². The van der Waals surface area contributed by atoms with Gasteiger partial charge in [0, 0.05) is 30.5 Å². The second kappa shape index (κ2) is 6.37. The Balaban J connectivity index is 2.19. The zero-order valence-electron chi connectivity index (χ0n) is 13.1. The zero-order chi connectivity index (χ0) is 15.5. The predicted octanol–water partition coefficient (Wildman–Crippen LogP) is 1.91. The summed E-state index contributed by atoms with van der Waals surface area (Å²) in [6.07, 6.45) is 0. The quantitative estimate of drug-likeness (QED) is 0.882. The van der Waals surface area contributed by atoms with Gasteiger partial charge < -0.3 is 10.1 Å². The molecule has 0 radical (unpaired) electrons. The maximum atomic E-state index is 12.2. The van der Waals surface area contributed by atoms with Gasteiger partial charge in [-0.05, 0) is 39.8 Å². The number of hydrogen-bond donors (Lipinski definition) is 1. The number of nitrogens with zero attached hydrogens (tertiary/aromatic N) is 2. The SMILES string of the molecule is CCOCC(C)(C)NCc1cc(=O)n2c(C)cccc2n1. The monoisotopic (exact) mass is 289 g/mol. The molecule has 2 heterocycles. The highest BCUT2D eigenvalue weighted by Gasteiger charge is 2.17. The summed E-state index contributed by atoms with van der Waals surface area (Å²) in [5.41, 5.74) is 2.12. The first-order valence-electron chi connectivity index (χ1n) is 7.24. The van der Waals surface area contributed by atoms with Gasteiger partial charge in [0.05, 0.1) is 12.3 Å². The topological polar surface area (TPSA) is 55.6 Å². The van der Waals surface area contributed by atoms with Crippen molar-refractivity contribution in [1.29, 1.82) is 0 Å². The van der Waals surface area contributed by atoms with Crippen molar-refractivity contribution in [2.75, 3.05) is 13.2 Å². The van der Waals surface area contributed by atoms with Crippen LogP contribution in [0.15, 0.2) is 29.1 Å². The molecule has 1 N–H and O–H groups in total. The van der Waals surface area contributed by atoms with E-state index in [9.17, 15) is 4.79 Å². The average Bonchev–Trinajstić information content (AvgIpc) is 2.43. The van der Waals surface area contributed by atoms with E-state index in [1.54, 1.807) is 10.5 Å². The molecular weight excluding hydrogens is 266 g/mol.